The van der Waals surface area contributed by atoms with Crippen LogP contribution in [0.15, 0.2) is 23.1 Å². The summed E-state index contributed by atoms with van der Waals surface area (Å²) in [6.07, 6.45) is 1.55. The van der Waals surface area contributed by atoms with Gasteiger partial charge in [-0.05, 0) is 13.8 Å². The van der Waals surface area contributed by atoms with E-state index in [9.17, 15) is 4.79 Å². The number of aromatic nitrogens is 2. The molecule has 0 aliphatic rings. The van der Waals surface area contributed by atoms with Crippen molar-refractivity contribution in [3.8, 4) is 0 Å². The van der Waals surface area contributed by atoms with Gasteiger partial charge < -0.3 is 5.32 Å². The number of anilines is 1. The topological polar surface area (TPSA) is 46.9 Å². The highest BCUT2D eigenvalue weighted by Crippen LogP contribution is 2.15. The lowest BCUT2D eigenvalue weighted by Crippen LogP contribution is -2.23. The van der Waals surface area contributed by atoms with Gasteiger partial charge >= 0.3 is 0 Å². The van der Waals surface area contributed by atoms with Gasteiger partial charge in [0.25, 0.3) is 5.56 Å². The molecule has 1 heterocycles. The summed E-state index contributed by atoms with van der Waals surface area (Å²) < 4.78 is 1.31. The van der Waals surface area contributed by atoms with Crippen LogP contribution in [0.3, 0.4) is 0 Å². The van der Waals surface area contributed by atoms with E-state index in [-0.39, 0.29) is 10.6 Å². The molecule has 0 fully saturated rings. The van der Waals surface area contributed by atoms with Crippen LogP contribution in [-0.2, 0) is 6.54 Å². The number of rotatable bonds is 4. The Kier molecular flexibility index (Phi) is 3.91. The minimum absolute atomic E-state index is 0.174. The quantitative estimate of drug-likeness (QED) is 0.800. The van der Waals surface area contributed by atoms with Crippen molar-refractivity contribution in [1.29, 1.82) is 0 Å². The minimum Gasteiger partial charge on any atom is -0.379 e. The second-order valence-electron chi connectivity index (χ2n) is 3.30. The fourth-order valence-electron chi connectivity index (χ4n) is 1.06. The van der Waals surface area contributed by atoms with Crippen LogP contribution in [0.2, 0.25) is 5.02 Å². The third kappa shape index (κ3) is 2.83. The fraction of sp³-hybridized carbons (Fsp3) is 0.400. The predicted molar refractivity (Wildman–Crippen MR) is 62.5 cm³/mol. The van der Waals surface area contributed by atoms with Crippen molar-refractivity contribution >= 4 is 17.3 Å². The van der Waals surface area contributed by atoms with Crippen LogP contribution >= 0.6 is 11.6 Å². The minimum atomic E-state index is -0.272. The molecule has 1 N–H and O–H groups in total. The molecule has 0 atom stereocenters. The largest absolute Gasteiger partial charge is 0.379 e. The Labute approximate surface area is 93.6 Å². The maximum atomic E-state index is 11.6. The highest BCUT2D eigenvalue weighted by Gasteiger charge is 2.07. The number of halogens is 1. The first-order valence-corrected chi connectivity index (χ1v) is 5.08. The molecule has 4 nitrogen and oxygen atoms in total. The zero-order chi connectivity index (χ0) is 11.4. The lowest BCUT2D eigenvalue weighted by Gasteiger charge is -2.08. The molecule has 1 rings (SSSR count). The van der Waals surface area contributed by atoms with E-state index >= 15 is 0 Å². The molecule has 0 aliphatic carbocycles. The number of aryl methyl sites for hydroxylation is 1. The van der Waals surface area contributed by atoms with Crippen LogP contribution in [-0.4, -0.2) is 16.3 Å². The number of nitrogens with zero attached hydrogens (tertiary/aromatic N) is 2. The highest BCUT2D eigenvalue weighted by molar-refractivity contribution is 6.32. The first-order valence-electron chi connectivity index (χ1n) is 4.70. The summed E-state index contributed by atoms with van der Waals surface area (Å²) in [5, 5.41) is 7.13. The van der Waals surface area contributed by atoms with Gasteiger partial charge in [-0.15, -0.1) is 0 Å². The molecule has 0 radical (unpaired) electrons. The lowest BCUT2D eigenvalue weighted by atomic mass is 10.3. The molecule has 82 valence electrons. The van der Waals surface area contributed by atoms with Crippen LogP contribution in [0.25, 0.3) is 0 Å². The molecule has 0 aromatic carbocycles. The van der Waals surface area contributed by atoms with Gasteiger partial charge in [0.1, 0.15) is 5.02 Å². The van der Waals surface area contributed by atoms with Crippen molar-refractivity contribution in [2.75, 3.05) is 11.9 Å². The summed E-state index contributed by atoms with van der Waals surface area (Å²) >= 11 is 5.90. The van der Waals surface area contributed by atoms with Crippen molar-refractivity contribution in [1.82, 2.24) is 9.78 Å². The van der Waals surface area contributed by atoms with E-state index < -0.39 is 0 Å². The zero-order valence-electron chi connectivity index (χ0n) is 8.88. The second-order valence-corrected chi connectivity index (χ2v) is 3.68. The molecule has 0 amide bonds. The molecule has 1 aromatic rings. The molecular weight excluding hydrogens is 214 g/mol. The highest BCUT2D eigenvalue weighted by atomic mass is 35.5. The summed E-state index contributed by atoms with van der Waals surface area (Å²) in [6, 6.07) is 0. The molecule has 0 saturated heterocycles. The van der Waals surface area contributed by atoms with Crippen LogP contribution in [0.5, 0.6) is 0 Å². The first kappa shape index (κ1) is 11.8. The molecule has 0 spiro atoms. The monoisotopic (exact) mass is 227 g/mol. The van der Waals surface area contributed by atoms with Crippen molar-refractivity contribution < 1.29 is 0 Å². The Morgan fingerprint density at radius 3 is 2.93 bits per heavy atom. The van der Waals surface area contributed by atoms with Crippen molar-refractivity contribution in [2.24, 2.45) is 0 Å². The van der Waals surface area contributed by atoms with E-state index in [0.29, 0.717) is 18.8 Å². The van der Waals surface area contributed by atoms with Crippen molar-refractivity contribution in [3.63, 3.8) is 0 Å². The molecule has 0 aliphatic heterocycles. The van der Waals surface area contributed by atoms with Crippen LogP contribution in [0.1, 0.15) is 13.8 Å². The Morgan fingerprint density at radius 1 is 1.73 bits per heavy atom. The number of hydrogen-bond acceptors (Lipinski definition) is 3. The summed E-state index contributed by atoms with van der Waals surface area (Å²) in [7, 11) is 0. The van der Waals surface area contributed by atoms with E-state index in [1.807, 2.05) is 13.8 Å². The smallest absolute Gasteiger partial charge is 0.287 e. The van der Waals surface area contributed by atoms with Gasteiger partial charge in [0.2, 0.25) is 0 Å². The normalized spacial score (nSPS) is 10.1. The predicted octanol–water partition coefficient (Wildman–Crippen LogP) is 1.90. The Hall–Kier alpha value is -1.29. The van der Waals surface area contributed by atoms with Gasteiger partial charge in [-0.3, -0.25) is 4.79 Å². The standard InChI is InChI=1S/C10H14ClN3O/c1-4-14-10(15)9(11)8(6-13-14)12-5-7(2)3/h6,12H,2,4-5H2,1,3H3. The van der Waals surface area contributed by atoms with Gasteiger partial charge in [0, 0.05) is 13.1 Å². The van der Waals surface area contributed by atoms with Crippen molar-refractivity contribution in [3.05, 3.63) is 33.7 Å². The van der Waals surface area contributed by atoms with E-state index in [2.05, 4.69) is 17.0 Å². The Bertz CT molecular complexity index is 425. The Balaban J connectivity index is 2.97. The third-order valence-electron chi connectivity index (χ3n) is 1.87. The lowest BCUT2D eigenvalue weighted by molar-refractivity contribution is 0.616. The SMILES string of the molecule is C=C(C)CNc1cnn(CC)c(=O)c1Cl. The Morgan fingerprint density at radius 2 is 2.40 bits per heavy atom. The van der Waals surface area contributed by atoms with Gasteiger partial charge in [0.15, 0.2) is 0 Å². The van der Waals surface area contributed by atoms with Crippen LogP contribution in [0, 0.1) is 0 Å². The number of nitrogens with one attached hydrogen (secondary N) is 1. The van der Waals surface area contributed by atoms with Crippen molar-refractivity contribution in [2.45, 2.75) is 20.4 Å². The maximum Gasteiger partial charge on any atom is 0.287 e. The van der Waals surface area contributed by atoms with E-state index in [1.165, 1.54) is 4.68 Å². The van der Waals surface area contributed by atoms with Crippen LogP contribution in [0.4, 0.5) is 5.69 Å². The average Bonchev–Trinajstić information content (AvgIpc) is 2.20. The summed E-state index contributed by atoms with van der Waals surface area (Å²) in [4.78, 5) is 11.6. The summed E-state index contributed by atoms with van der Waals surface area (Å²) in [5.74, 6) is 0. The third-order valence-corrected chi connectivity index (χ3v) is 2.23. The van der Waals surface area contributed by atoms with Gasteiger partial charge in [-0.25, -0.2) is 4.68 Å². The first-order chi connectivity index (χ1) is 7.06. The second kappa shape index (κ2) is 4.98. The van der Waals surface area contributed by atoms with Gasteiger partial charge in [-0.2, -0.15) is 5.10 Å². The molecule has 0 unspecified atom stereocenters. The number of hydrogen-bond donors (Lipinski definition) is 1. The maximum absolute atomic E-state index is 11.6. The molecule has 5 heteroatoms. The van der Waals surface area contributed by atoms with E-state index in [0.717, 1.165) is 5.57 Å². The van der Waals surface area contributed by atoms with Gasteiger partial charge in [0.05, 0.1) is 11.9 Å². The molecule has 15 heavy (non-hydrogen) atoms. The van der Waals surface area contributed by atoms with E-state index in [1.54, 1.807) is 6.20 Å². The molecule has 0 saturated carbocycles. The molecular formula is C10H14ClN3O. The van der Waals surface area contributed by atoms with E-state index in [4.69, 9.17) is 11.6 Å². The summed E-state index contributed by atoms with van der Waals surface area (Å²) in [5.41, 5.74) is 1.24. The van der Waals surface area contributed by atoms with Gasteiger partial charge in [-0.1, -0.05) is 23.8 Å². The zero-order valence-corrected chi connectivity index (χ0v) is 9.64. The fourth-order valence-corrected chi connectivity index (χ4v) is 1.27. The molecule has 1 aromatic heterocycles. The van der Waals surface area contributed by atoms with Crippen LogP contribution < -0.4 is 10.9 Å². The molecule has 0 bridgehead atoms. The summed E-state index contributed by atoms with van der Waals surface area (Å²) in [6.45, 7) is 8.57. The average molecular weight is 228 g/mol.